The lowest BCUT2D eigenvalue weighted by atomic mass is 10.0. The van der Waals surface area contributed by atoms with E-state index < -0.39 is 0 Å². The Labute approximate surface area is 214 Å². The number of nitrogens with zero attached hydrogens (tertiary/aromatic N) is 1. The lowest BCUT2D eigenvalue weighted by molar-refractivity contribution is -0.879. The summed E-state index contributed by atoms with van der Waals surface area (Å²) >= 11 is 0. The number of methoxy groups -OCH3 is 1. The minimum atomic E-state index is -0.00652. The van der Waals surface area contributed by atoms with Crippen LogP contribution in [0.5, 0.6) is 0 Å². The maximum Gasteiger partial charge on any atom is 0.155 e. The number of likely N-dealkylation sites (N-methyl/N-ethyl adjacent to an activating group) is 1. The van der Waals surface area contributed by atoms with Gasteiger partial charge in [-0.2, -0.15) is 0 Å². The number of ether oxygens (including phenoxy) is 2. The second-order valence-electron chi connectivity index (χ2n) is 11.0. The molecule has 1 rings (SSSR count). The van der Waals surface area contributed by atoms with Crippen molar-refractivity contribution in [3.05, 3.63) is 0 Å². The lowest BCUT2D eigenvalue weighted by Crippen LogP contribution is -2.37. The first-order valence-electron chi connectivity index (χ1n) is 14.5. The lowest BCUT2D eigenvalue weighted by Gasteiger charge is -2.23. The molecule has 0 bridgehead atoms. The molecule has 0 radical (unpaired) electrons. The van der Waals surface area contributed by atoms with E-state index in [9.17, 15) is 0 Å². The molecule has 0 saturated carbocycles. The molecule has 0 aliphatic carbocycles. The molecule has 0 aromatic heterocycles. The van der Waals surface area contributed by atoms with E-state index in [0.717, 1.165) is 30.5 Å². The normalized spacial score (nSPS) is 18.9. The number of hydrogen-bond acceptors (Lipinski definition) is 4. The van der Waals surface area contributed by atoms with Crippen LogP contribution in [-0.2, 0) is 18.5 Å². The molecule has 1 aliphatic heterocycles. The minimum Gasteiger partial charge on any atom is -0.379 e. The zero-order valence-electron chi connectivity index (χ0n) is 23.3. The molecule has 0 aromatic rings. The Hall–Kier alpha value is 0.230. The highest BCUT2D eigenvalue weighted by Gasteiger charge is 2.31. The molecular formula is C28H59NO4P+. The van der Waals surface area contributed by atoms with E-state index >= 15 is 0 Å². The third-order valence-electron chi connectivity index (χ3n) is 7.08. The van der Waals surface area contributed by atoms with Crippen molar-refractivity contribution in [1.82, 2.24) is 0 Å². The molecule has 0 aromatic carbocycles. The van der Waals surface area contributed by atoms with Crippen LogP contribution in [0.25, 0.3) is 0 Å². The maximum atomic E-state index is 5.87. The Morgan fingerprint density at radius 3 is 1.76 bits per heavy atom. The molecule has 1 aliphatic rings. The van der Waals surface area contributed by atoms with Crippen molar-refractivity contribution in [2.45, 2.75) is 128 Å². The van der Waals surface area contributed by atoms with Crippen LogP contribution in [0.2, 0.25) is 0 Å². The molecule has 204 valence electrons. The summed E-state index contributed by atoms with van der Waals surface area (Å²) in [5, 5.41) is 0. The monoisotopic (exact) mass is 504 g/mol. The van der Waals surface area contributed by atoms with E-state index in [2.05, 4.69) is 21.0 Å². The Bertz CT molecular complexity index is 439. The van der Waals surface area contributed by atoms with Gasteiger partial charge in [0.2, 0.25) is 0 Å². The van der Waals surface area contributed by atoms with E-state index in [1.807, 2.05) is 0 Å². The number of rotatable bonds is 25. The van der Waals surface area contributed by atoms with Crippen molar-refractivity contribution in [3.63, 3.8) is 0 Å². The zero-order valence-corrected chi connectivity index (χ0v) is 24.3. The van der Waals surface area contributed by atoms with Crippen molar-refractivity contribution in [2.75, 3.05) is 54.1 Å². The first kappa shape index (κ1) is 32.3. The van der Waals surface area contributed by atoms with Crippen LogP contribution in [0.4, 0.5) is 0 Å². The number of unbranched alkanes of at least 4 members (excludes halogenated alkanes) is 15. The van der Waals surface area contributed by atoms with Crippen molar-refractivity contribution >= 4 is 9.03 Å². The van der Waals surface area contributed by atoms with Crippen molar-refractivity contribution in [3.8, 4) is 0 Å². The molecule has 1 heterocycles. The average Bonchev–Trinajstić information content (AvgIpc) is 3.18. The predicted octanol–water partition coefficient (Wildman–Crippen LogP) is 7.67. The van der Waals surface area contributed by atoms with Gasteiger partial charge < -0.3 is 23.0 Å². The standard InChI is InChI=1S/C28H59NO4P/c1-5-6-7-8-9-10-11-12-13-14-15-16-17-18-19-20-23-31-25-28(30-4)26-32-34-33-27-21-22-29(2,3)24-27/h27-28,34H,5-26H2,1-4H3/q+1. The van der Waals surface area contributed by atoms with Gasteiger partial charge in [-0.25, -0.2) is 0 Å². The molecule has 0 amide bonds. The van der Waals surface area contributed by atoms with Gasteiger partial charge in [0.1, 0.15) is 18.8 Å². The highest BCUT2D eigenvalue weighted by Crippen LogP contribution is 2.25. The summed E-state index contributed by atoms with van der Waals surface area (Å²) in [5.74, 6) is 0. The summed E-state index contributed by atoms with van der Waals surface area (Å²) in [6.07, 6.45) is 23.8. The van der Waals surface area contributed by atoms with Crippen molar-refractivity contribution in [1.29, 1.82) is 0 Å². The van der Waals surface area contributed by atoms with Crippen LogP contribution in [0, 0.1) is 0 Å². The van der Waals surface area contributed by atoms with Gasteiger partial charge in [0.15, 0.2) is 9.03 Å². The van der Waals surface area contributed by atoms with E-state index in [4.69, 9.17) is 18.5 Å². The van der Waals surface area contributed by atoms with Gasteiger partial charge in [0, 0.05) is 20.1 Å². The summed E-state index contributed by atoms with van der Waals surface area (Å²) in [6.45, 7) is 6.52. The van der Waals surface area contributed by atoms with E-state index in [1.165, 1.54) is 103 Å². The second kappa shape index (κ2) is 22.4. The highest BCUT2D eigenvalue weighted by atomic mass is 31.1. The smallest absolute Gasteiger partial charge is 0.155 e. The number of hydrogen-bond donors (Lipinski definition) is 0. The molecule has 1 fully saturated rings. The third kappa shape index (κ3) is 19.4. The summed E-state index contributed by atoms with van der Waals surface area (Å²) in [4.78, 5) is 0. The topological polar surface area (TPSA) is 36.9 Å². The van der Waals surface area contributed by atoms with Crippen molar-refractivity contribution in [2.24, 2.45) is 0 Å². The van der Waals surface area contributed by atoms with Crippen LogP contribution < -0.4 is 0 Å². The van der Waals surface area contributed by atoms with Gasteiger partial charge in [-0.15, -0.1) is 0 Å². The fourth-order valence-electron chi connectivity index (χ4n) is 4.70. The van der Waals surface area contributed by atoms with Gasteiger partial charge in [-0.3, -0.25) is 0 Å². The molecule has 6 heteroatoms. The van der Waals surface area contributed by atoms with Gasteiger partial charge in [-0.05, 0) is 6.42 Å². The Kier molecular flexibility index (Phi) is 21.3. The first-order chi connectivity index (χ1) is 16.6. The van der Waals surface area contributed by atoms with Gasteiger partial charge in [0.05, 0.1) is 33.9 Å². The van der Waals surface area contributed by atoms with Crippen LogP contribution in [0.1, 0.15) is 116 Å². The van der Waals surface area contributed by atoms with Crippen LogP contribution in [0.3, 0.4) is 0 Å². The van der Waals surface area contributed by atoms with Crippen molar-refractivity contribution < 1.29 is 23.0 Å². The Balaban J connectivity index is 1.77. The first-order valence-corrected chi connectivity index (χ1v) is 15.3. The third-order valence-corrected chi connectivity index (χ3v) is 7.79. The highest BCUT2D eigenvalue weighted by molar-refractivity contribution is 7.26. The summed E-state index contributed by atoms with van der Waals surface area (Å²) in [5.41, 5.74) is 0. The summed E-state index contributed by atoms with van der Waals surface area (Å²) in [7, 11) is 6.34. The van der Waals surface area contributed by atoms with Gasteiger partial charge >= 0.3 is 0 Å². The fraction of sp³-hybridized carbons (Fsp3) is 1.00. The quantitative estimate of drug-likeness (QED) is 0.0726. The SMILES string of the molecule is CCCCCCCCCCCCCCCCCCOCC(COPOC1CC[N+](C)(C)C1)OC. The molecular weight excluding hydrogens is 445 g/mol. The van der Waals surface area contributed by atoms with Gasteiger partial charge in [-0.1, -0.05) is 103 Å². The molecule has 1 saturated heterocycles. The number of quaternary nitrogens is 1. The van der Waals surface area contributed by atoms with Gasteiger partial charge in [0.25, 0.3) is 0 Å². The van der Waals surface area contributed by atoms with Crippen LogP contribution in [-0.4, -0.2) is 70.8 Å². The zero-order chi connectivity index (χ0) is 24.7. The predicted molar refractivity (Wildman–Crippen MR) is 147 cm³/mol. The van der Waals surface area contributed by atoms with Crippen LogP contribution in [0.15, 0.2) is 0 Å². The summed E-state index contributed by atoms with van der Waals surface area (Å²) < 4.78 is 23.9. The van der Waals surface area contributed by atoms with E-state index in [0.29, 0.717) is 19.3 Å². The second-order valence-corrected chi connectivity index (χ2v) is 11.7. The molecule has 3 unspecified atom stereocenters. The Morgan fingerprint density at radius 2 is 1.29 bits per heavy atom. The largest absolute Gasteiger partial charge is 0.379 e. The average molecular weight is 505 g/mol. The van der Waals surface area contributed by atoms with E-state index in [-0.39, 0.29) is 15.1 Å². The molecule has 3 atom stereocenters. The Morgan fingerprint density at radius 1 is 0.765 bits per heavy atom. The van der Waals surface area contributed by atoms with Crippen LogP contribution >= 0.6 is 9.03 Å². The number of likely N-dealkylation sites (tertiary alicyclic amines) is 1. The molecule has 0 N–H and O–H groups in total. The maximum absolute atomic E-state index is 5.87. The molecule has 34 heavy (non-hydrogen) atoms. The van der Waals surface area contributed by atoms with E-state index in [1.54, 1.807) is 7.11 Å². The molecule has 5 nitrogen and oxygen atoms in total. The fourth-order valence-corrected chi connectivity index (χ4v) is 5.35. The minimum absolute atomic E-state index is 0.00652. The molecule has 0 spiro atoms. The summed E-state index contributed by atoms with van der Waals surface area (Å²) in [6, 6.07) is 0.